The number of amides is 1. The average Bonchev–Trinajstić information content (AvgIpc) is 2.61. The SMILES string of the molecule is C=CCc1ccc(OCC(=O)N/N=C\c2cccc(Br)c2)c(OC)c1. The lowest BCUT2D eigenvalue weighted by Gasteiger charge is -2.11. The molecule has 0 aliphatic rings. The summed E-state index contributed by atoms with van der Waals surface area (Å²) in [6.45, 7) is 3.55. The molecule has 0 saturated carbocycles. The highest BCUT2D eigenvalue weighted by Gasteiger charge is 2.08. The highest BCUT2D eigenvalue weighted by atomic mass is 79.9. The molecule has 0 heterocycles. The van der Waals surface area contributed by atoms with E-state index in [4.69, 9.17) is 9.47 Å². The minimum absolute atomic E-state index is 0.160. The van der Waals surface area contributed by atoms with Gasteiger partial charge in [0.05, 0.1) is 13.3 Å². The summed E-state index contributed by atoms with van der Waals surface area (Å²) in [6.07, 6.45) is 4.11. The van der Waals surface area contributed by atoms with Crippen LogP contribution in [0.4, 0.5) is 0 Å². The summed E-state index contributed by atoms with van der Waals surface area (Å²) in [6, 6.07) is 13.1. The number of rotatable bonds is 8. The molecule has 0 spiro atoms. The van der Waals surface area contributed by atoms with Gasteiger partial charge in [-0.3, -0.25) is 4.79 Å². The van der Waals surface area contributed by atoms with Crippen LogP contribution in [0, 0.1) is 0 Å². The second-order valence-electron chi connectivity index (χ2n) is 5.11. The van der Waals surface area contributed by atoms with E-state index in [-0.39, 0.29) is 12.5 Å². The first kappa shape index (κ1) is 18.7. The van der Waals surface area contributed by atoms with Crippen molar-refractivity contribution in [1.29, 1.82) is 0 Å². The molecule has 0 fully saturated rings. The van der Waals surface area contributed by atoms with Gasteiger partial charge in [0.1, 0.15) is 0 Å². The molecule has 5 nitrogen and oxygen atoms in total. The minimum atomic E-state index is -0.358. The monoisotopic (exact) mass is 402 g/mol. The lowest BCUT2D eigenvalue weighted by molar-refractivity contribution is -0.123. The zero-order valence-corrected chi connectivity index (χ0v) is 15.5. The van der Waals surface area contributed by atoms with Crippen molar-refractivity contribution in [3.05, 3.63) is 70.7 Å². The smallest absolute Gasteiger partial charge is 0.277 e. The van der Waals surface area contributed by atoms with Gasteiger partial charge in [0.25, 0.3) is 5.91 Å². The summed E-state index contributed by atoms with van der Waals surface area (Å²) in [5.41, 5.74) is 4.35. The van der Waals surface area contributed by atoms with Gasteiger partial charge in [-0.2, -0.15) is 5.10 Å². The predicted molar refractivity (Wildman–Crippen MR) is 102 cm³/mol. The van der Waals surface area contributed by atoms with E-state index in [0.29, 0.717) is 11.5 Å². The number of hydrogen-bond acceptors (Lipinski definition) is 4. The first-order valence-electron chi connectivity index (χ1n) is 7.60. The van der Waals surface area contributed by atoms with Crippen molar-refractivity contribution in [2.45, 2.75) is 6.42 Å². The average molecular weight is 403 g/mol. The van der Waals surface area contributed by atoms with Gasteiger partial charge in [0.15, 0.2) is 18.1 Å². The Bertz CT molecular complexity index is 775. The van der Waals surface area contributed by atoms with E-state index in [2.05, 4.69) is 33.0 Å². The van der Waals surface area contributed by atoms with Crippen LogP contribution in [0.3, 0.4) is 0 Å². The summed E-state index contributed by atoms with van der Waals surface area (Å²) < 4.78 is 11.7. The molecule has 1 amide bonds. The normalized spacial score (nSPS) is 10.5. The molecule has 2 rings (SSSR count). The number of nitrogens with one attached hydrogen (secondary N) is 1. The van der Waals surface area contributed by atoms with Crippen LogP contribution in [0.25, 0.3) is 0 Å². The topological polar surface area (TPSA) is 59.9 Å². The highest BCUT2D eigenvalue weighted by Crippen LogP contribution is 2.28. The number of ether oxygens (including phenoxy) is 2. The van der Waals surface area contributed by atoms with Crippen molar-refractivity contribution < 1.29 is 14.3 Å². The van der Waals surface area contributed by atoms with Crippen molar-refractivity contribution in [2.24, 2.45) is 5.10 Å². The second kappa shape index (κ2) is 9.64. The molecule has 2 aromatic rings. The summed E-state index contributed by atoms with van der Waals surface area (Å²) >= 11 is 3.38. The molecule has 6 heteroatoms. The number of carbonyl (C=O) groups is 1. The second-order valence-corrected chi connectivity index (χ2v) is 6.03. The summed E-state index contributed by atoms with van der Waals surface area (Å²) in [5, 5.41) is 3.91. The molecule has 0 bridgehead atoms. The zero-order valence-electron chi connectivity index (χ0n) is 13.9. The quantitative estimate of drug-likeness (QED) is 0.415. The molecular formula is C19H19BrN2O3. The molecule has 0 aliphatic carbocycles. The maximum atomic E-state index is 11.8. The van der Waals surface area contributed by atoms with Crippen LogP contribution in [0.1, 0.15) is 11.1 Å². The van der Waals surface area contributed by atoms with Crippen LogP contribution in [-0.2, 0) is 11.2 Å². The van der Waals surface area contributed by atoms with Crippen molar-refractivity contribution in [3.63, 3.8) is 0 Å². The standard InChI is InChI=1S/C19H19BrN2O3/c1-3-5-14-8-9-17(18(11-14)24-2)25-13-19(23)22-21-12-15-6-4-7-16(20)10-15/h3-4,6-12H,1,5,13H2,2H3,(H,22,23)/b21-12-. The fourth-order valence-corrected chi connectivity index (χ4v) is 2.48. The third kappa shape index (κ3) is 6.08. The minimum Gasteiger partial charge on any atom is -0.493 e. The molecule has 0 aromatic heterocycles. The molecule has 0 saturated heterocycles. The van der Waals surface area contributed by atoms with Gasteiger partial charge in [0.2, 0.25) is 0 Å². The Morgan fingerprint density at radius 3 is 2.84 bits per heavy atom. The Labute approximate surface area is 155 Å². The zero-order chi connectivity index (χ0) is 18.1. The van der Waals surface area contributed by atoms with E-state index >= 15 is 0 Å². The Balaban J connectivity index is 1.88. The number of nitrogens with zero attached hydrogens (tertiary/aromatic N) is 1. The number of hydrogen-bond donors (Lipinski definition) is 1. The first-order valence-corrected chi connectivity index (χ1v) is 8.39. The van der Waals surface area contributed by atoms with Gasteiger partial charge in [-0.25, -0.2) is 5.43 Å². The number of benzene rings is 2. The maximum Gasteiger partial charge on any atom is 0.277 e. The summed E-state index contributed by atoms with van der Waals surface area (Å²) in [4.78, 5) is 11.8. The number of carbonyl (C=O) groups excluding carboxylic acids is 1. The molecule has 25 heavy (non-hydrogen) atoms. The van der Waals surface area contributed by atoms with Gasteiger partial charge < -0.3 is 9.47 Å². The molecule has 1 N–H and O–H groups in total. The number of methoxy groups -OCH3 is 1. The van der Waals surface area contributed by atoms with Crippen LogP contribution in [-0.4, -0.2) is 25.8 Å². The van der Waals surface area contributed by atoms with Gasteiger partial charge in [-0.05, 0) is 41.8 Å². The van der Waals surface area contributed by atoms with Crippen LogP contribution in [0.15, 0.2) is 64.7 Å². The lowest BCUT2D eigenvalue weighted by Crippen LogP contribution is -2.24. The van der Waals surface area contributed by atoms with E-state index in [1.807, 2.05) is 42.5 Å². The third-order valence-corrected chi connectivity index (χ3v) is 3.71. The largest absolute Gasteiger partial charge is 0.493 e. The molecular weight excluding hydrogens is 384 g/mol. The number of halogens is 1. The molecule has 0 unspecified atom stereocenters. The Morgan fingerprint density at radius 2 is 2.12 bits per heavy atom. The molecule has 0 atom stereocenters. The van der Waals surface area contributed by atoms with Crippen molar-refractivity contribution in [1.82, 2.24) is 5.43 Å². The van der Waals surface area contributed by atoms with E-state index < -0.39 is 0 Å². The lowest BCUT2D eigenvalue weighted by atomic mass is 10.1. The molecule has 130 valence electrons. The molecule has 0 radical (unpaired) electrons. The van der Waals surface area contributed by atoms with Crippen LogP contribution < -0.4 is 14.9 Å². The van der Waals surface area contributed by atoms with Gasteiger partial charge in [-0.15, -0.1) is 6.58 Å². The Kier molecular flexibility index (Phi) is 7.22. The van der Waals surface area contributed by atoms with E-state index in [0.717, 1.165) is 22.0 Å². The third-order valence-electron chi connectivity index (χ3n) is 3.22. The van der Waals surface area contributed by atoms with Crippen LogP contribution >= 0.6 is 15.9 Å². The number of allylic oxidation sites excluding steroid dienone is 1. The van der Waals surface area contributed by atoms with Gasteiger partial charge in [0, 0.05) is 4.47 Å². The van der Waals surface area contributed by atoms with Crippen molar-refractivity contribution >= 4 is 28.1 Å². The fraction of sp³-hybridized carbons (Fsp3) is 0.158. The molecule has 0 aliphatic heterocycles. The number of hydrazone groups is 1. The first-order chi connectivity index (χ1) is 12.1. The van der Waals surface area contributed by atoms with Crippen LogP contribution in [0.5, 0.6) is 11.5 Å². The Hall–Kier alpha value is -2.60. The van der Waals surface area contributed by atoms with Crippen molar-refractivity contribution in [2.75, 3.05) is 13.7 Å². The van der Waals surface area contributed by atoms with Gasteiger partial charge >= 0.3 is 0 Å². The highest BCUT2D eigenvalue weighted by molar-refractivity contribution is 9.10. The molecule has 2 aromatic carbocycles. The fourth-order valence-electron chi connectivity index (χ4n) is 2.07. The van der Waals surface area contributed by atoms with Crippen molar-refractivity contribution in [3.8, 4) is 11.5 Å². The van der Waals surface area contributed by atoms with E-state index in [1.54, 1.807) is 19.4 Å². The van der Waals surface area contributed by atoms with E-state index in [1.165, 1.54) is 0 Å². The Morgan fingerprint density at radius 1 is 1.28 bits per heavy atom. The van der Waals surface area contributed by atoms with E-state index in [9.17, 15) is 4.79 Å². The van der Waals surface area contributed by atoms with Crippen LogP contribution in [0.2, 0.25) is 0 Å². The summed E-state index contributed by atoms with van der Waals surface area (Å²) in [7, 11) is 1.56. The maximum absolute atomic E-state index is 11.8. The van der Waals surface area contributed by atoms with Gasteiger partial charge in [-0.1, -0.05) is 40.2 Å². The summed E-state index contributed by atoms with van der Waals surface area (Å²) in [5.74, 6) is 0.717. The predicted octanol–water partition coefficient (Wildman–Crippen LogP) is 3.72.